The topological polar surface area (TPSA) is 23.6 Å². The normalized spacial score (nSPS) is 26.4. The van der Waals surface area contributed by atoms with E-state index in [1.807, 2.05) is 0 Å². The summed E-state index contributed by atoms with van der Waals surface area (Å²) in [6, 6.07) is 8.73. The minimum absolute atomic E-state index is 0.218. The molecule has 1 amide bonds. The summed E-state index contributed by atoms with van der Waals surface area (Å²) in [5.74, 6) is 1.67. The maximum atomic E-state index is 12.9. The molecular formula is C21H28N2O. The highest BCUT2D eigenvalue weighted by Crippen LogP contribution is 2.48. The van der Waals surface area contributed by atoms with Crippen LogP contribution in [0.3, 0.4) is 0 Å². The van der Waals surface area contributed by atoms with E-state index in [1.165, 1.54) is 63.0 Å². The SMILES string of the molecule is O=C(C1CCC1)N1CC2(CCN(CC3CC3)CC2)c2ccccc21. The molecule has 4 aliphatic rings. The van der Waals surface area contributed by atoms with Crippen molar-refractivity contribution in [3.05, 3.63) is 29.8 Å². The molecule has 24 heavy (non-hydrogen) atoms. The van der Waals surface area contributed by atoms with Gasteiger partial charge in [-0.15, -0.1) is 0 Å². The predicted octanol–water partition coefficient (Wildman–Crippen LogP) is 3.58. The minimum atomic E-state index is 0.218. The minimum Gasteiger partial charge on any atom is -0.311 e. The van der Waals surface area contributed by atoms with Crippen molar-refractivity contribution in [3.63, 3.8) is 0 Å². The van der Waals surface area contributed by atoms with Crippen molar-refractivity contribution in [3.8, 4) is 0 Å². The maximum Gasteiger partial charge on any atom is 0.230 e. The van der Waals surface area contributed by atoms with Crippen molar-refractivity contribution in [1.29, 1.82) is 0 Å². The molecule has 2 aliphatic carbocycles. The molecule has 3 heteroatoms. The molecule has 5 rings (SSSR count). The van der Waals surface area contributed by atoms with Crippen LogP contribution in [0.5, 0.6) is 0 Å². The second-order valence-corrected chi connectivity index (χ2v) is 8.59. The highest BCUT2D eigenvalue weighted by Gasteiger charge is 2.47. The lowest BCUT2D eigenvalue weighted by atomic mass is 9.74. The maximum absolute atomic E-state index is 12.9. The molecule has 1 aromatic rings. The summed E-state index contributed by atoms with van der Waals surface area (Å²) < 4.78 is 0. The number of anilines is 1. The first kappa shape index (κ1) is 14.9. The molecule has 2 saturated carbocycles. The molecule has 2 heterocycles. The van der Waals surface area contributed by atoms with Gasteiger partial charge in [0.25, 0.3) is 0 Å². The molecule has 1 aromatic carbocycles. The van der Waals surface area contributed by atoms with E-state index in [9.17, 15) is 4.79 Å². The second kappa shape index (κ2) is 5.59. The summed E-state index contributed by atoms with van der Waals surface area (Å²) in [5, 5.41) is 0. The monoisotopic (exact) mass is 324 g/mol. The molecule has 0 aromatic heterocycles. The summed E-state index contributed by atoms with van der Waals surface area (Å²) in [6.45, 7) is 4.65. The molecule has 0 N–H and O–H groups in total. The molecule has 2 aliphatic heterocycles. The van der Waals surface area contributed by atoms with Crippen LogP contribution in [0.4, 0.5) is 5.69 Å². The predicted molar refractivity (Wildman–Crippen MR) is 96.2 cm³/mol. The van der Waals surface area contributed by atoms with Gasteiger partial charge in [0.15, 0.2) is 0 Å². The number of rotatable bonds is 3. The number of nitrogens with zero attached hydrogens (tertiary/aromatic N) is 2. The molecule has 0 bridgehead atoms. The third kappa shape index (κ3) is 2.40. The molecule has 1 saturated heterocycles. The number of carbonyl (C=O) groups excluding carboxylic acids is 1. The number of carbonyl (C=O) groups is 1. The average Bonchev–Trinajstić information content (AvgIpc) is 3.31. The molecule has 3 nitrogen and oxygen atoms in total. The van der Waals surface area contributed by atoms with Gasteiger partial charge in [-0.05, 0) is 69.2 Å². The summed E-state index contributed by atoms with van der Waals surface area (Å²) in [4.78, 5) is 17.8. The first-order valence-electron chi connectivity index (χ1n) is 9.88. The Morgan fingerprint density at radius 1 is 1.08 bits per heavy atom. The fraction of sp³-hybridized carbons (Fsp3) is 0.667. The van der Waals surface area contributed by atoms with Gasteiger partial charge in [-0.2, -0.15) is 0 Å². The number of para-hydroxylation sites is 1. The van der Waals surface area contributed by atoms with Crippen molar-refractivity contribution in [2.45, 2.75) is 50.4 Å². The zero-order valence-corrected chi connectivity index (χ0v) is 14.5. The van der Waals surface area contributed by atoms with Gasteiger partial charge in [-0.1, -0.05) is 24.6 Å². The van der Waals surface area contributed by atoms with Crippen molar-refractivity contribution < 1.29 is 4.79 Å². The van der Waals surface area contributed by atoms with Crippen molar-refractivity contribution >= 4 is 11.6 Å². The molecule has 3 fully saturated rings. The van der Waals surface area contributed by atoms with Crippen LogP contribution in [0.1, 0.15) is 50.5 Å². The molecule has 0 radical (unpaired) electrons. The lowest BCUT2D eigenvalue weighted by Gasteiger charge is -2.40. The lowest BCUT2D eigenvalue weighted by molar-refractivity contribution is -0.124. The van der Waals surface area contributed by atoms with Gasteiger partial charge in [-0.25, -0.2) is 0 Å². The Hall–Kier alpha value is -1.35. The first-order chi connectivity index (χ1) is 11.8. The van der Waals surface area contributed by atoms with Gasteiger partial charge in [0, 0.05) is 30.1 Å². The largest absolute Gasteiger partial charge is 0.311 e. The fourth-order valence-corrected chi connectivity index (χ4v) is 4.96. The van der Waals surface area contributed by atoms with Crippen LogP contribution in [0.25, 0.3) is 0 Å². The highest BCUT2D eigenvalue weighted by molar-refractivity contribution is 5.98. The number of hydrogen-bond acceptors (Lipinski definition) is 2. The van der Waals surface area contributed by atoms with E-state index in [0.29, 0.717) is 11.8 Å². The average molecular weight is 324 g/mol. The standard InChI is InChI=1S/C21H28N2O/c24-20(17-4-3-5-17)23-15-21(18-6-1-2-7-19(18)23)10-12-22(13-11-21)14-16-8-9-16/h1-2,6-7,16-17H,3-5,8-15H2. The third-order valence-corrected chi connectivity index (χ3v) is 6.97. The fourth-order valence-electron chi connectivity index (χ4n) is 4.96. The summed E-state index contributed by atoms with van der Waals surface area (Å²) in [6.07, 6.45) is 8.73. The van der Waals surface area contributed by atoms with Crippen LogP contribution in [-0.2, 0) is 10.2 Å². The zero-order chi connectivity index (χ0) is 16.1. The van der Waals surface area contributed by atoms with Gasteiger partial charge >= 0.3 is 0 Å². The highest BCUT2D eigenvalue weighted by atomic mass is 16.2. The smallest absolute Gasteiger partial charge is 0.230 e. The van der Waals surface area contributed by atoms with Crippen molar-refractivity contribution in [1.82, 2.24) is 4.90 Å². The Bertz CT molecular complexity index is 639. The van der Waals surface area contributed by atoms with Crippen LogP contribution in [0.2, 0.25) is 0 Å². The summed E-state index contributed by atoms with van der Waals surface area (Å²) >= 11 is 0. The third-order valence-electron chi connectivity index (χ3n) is 6.97. The molecular weight excluding hydrogens is 296 g/mol. The van der Waals surface area contributed by atoms with Crippen LogP contribution >= 0.6 is 0 Å². The molecule has 0 atom stereocenters. The summed E-state index contributed by atoms with van der Waals surface area (Å²) in [5.41, 5.74) is 2.88. The van der Waals surface area contributed by atoms with E-state index in [4.69, 9.17) is 0 Å². The Balaban J connectivity index is 1.38. The van der Waals surface area contributed by atoms with E-state index in [2.05, 4.69) is 34.1 Å². The van der Waals surface area contributed by atoms with E-state index in [-0.39, 0.29) is 5.41 Å². The Morgan fingerprint density at radius 2 is 1.83 bits per heavy atom. The van der Waals surface area contributed by atoms with Crippen molar-refractivity contribution in [2.75, 3.05) is 31.1 Å². The Labute approximate surface area is 145 Å². The first-order valence-corrected chi connectivity index (χ1v) is 9.88. The number of amides is 1. The lowest BCUT2D eigenvalue weighted by Crippen LogP contribution is -2.47. The van der Waals surface area contributed by atoms with Crippen LogP contribution < -0.4 is 4.90 Å². The van der Waals surface area contributed by atoms with Crippen LogP contribution in [0, 0.1) is 11.8 Å². The van der Waals surface area contributed by atoms with Gasteiger partial charge in [0.05, 0.1) is 0 Å². The number of hydrogen-bond donors (Lipinski definition) is 0. The second-order valence-electron chi connectivity index (χ2n) is 8.59. The number of likely N-dealkylation sites (tertiary alicyclic amines) is 1. The molecule has 0 unspecified atom stereocenters. The number of piperidine rings is 1. The zero-order valence-electron chi connectivity index (χ0n) is 14.5. The number of benzene rings is 1. The molecule has 128 valence electrons. The van der Waals surface area contributed by atoms with E-state index >= 15 is 0 Å². The van der Waals surface area contributed by atoms with E-state index in [0.717, 1.165) is 25.3 Å². The summed E-state index contributed by atoms with van der Waals surface area (Å²) in [7, 11) is 0. The van der Waals surface area contributed by atoms with Gasteiger partial charge in [0.1, 0.15) is 0 Å². The van der Waals surface area contributed by atoms with E-state index in [1.54, 1.807) is 0 Å². The molecule has 1 spiro atoms. The van der Waals surface area contributed by atoms with Gasteiger partial charge < -0.3 is 9.80 Å². The van der Waals surface area contributed by atoms with Gasteiger partial charge in [0.2, 0.25) is 5.91 Å². The van der Waals surface area contributed by atoms with Crippen molar-refractivity contribution in [2.24, 2.45) is 11.8 Å². The quantitative estimate of drug-likeness (QED) is 0.848. The number of fused-ring (bicyclic) bond motifs is 2. The van der Waals surface area contributed by atoms with Crippen LogP contribution in [-0.4, -0.2) is 37.0 Å². The Kier molecular flexibility index (Phi) is 3.48. The van der Waals surface area contributed by atoms with E-state index < -0.39 is 0 Å². The van der Waals surface area contributed by atoms with Crippen LogP contribution in [0.15, 0.2) is 24.3 Å². The Morgan fingerprint density at radius 3 is 2.50 bits per heavy atom. The van der Waals surface area contributed by atoms with Gasteiger partial charge in [-0.3, -0.25) is 4.79 Å².